The van der Waals surface area contributed by atoms with Crippen molar-refractivity contribution in [2.45, 2.75) is 19.5 Å². The minimum absolute atomic E-state index is 0.110. The van der Waals surface area contributed by atoms with Gasteiger partial charge in [0.1, 0.15) is 6.04 Å². The first-order chi connectivity index (χ1) is 15.0. The second-order valence-corrected chi connectivity index (χ2v) is 8.24. The van der Waals surface area contributed by atoms with Crippen LogP contribution in [0.5, 0.6) is 0 Å². The Morgan fingerprint density at radius 3 is 2.35 bits per heavy atom. The number of aryl methyl sites for hydroxylation is 1. The lowest BCUT2D eigenvalue weighted by atomic mass is 10.0. The van der Waals surface area contributed by atoms with E-state index >= 15 is 0 Å². The minimum Gasteiger partial charge on any atom is -0.347 e. The molecule has 7 heteroatoms. The molecule has 1 aromatic heterocycles. The van der Waals surface area contributed by atoms with Crippen LogP contribution in [0.1, 0.15) is 23.1 Å². The topological polar surface area (TPSA) is 65.7 Å². The molecule has 31 heavy (non-hydrogen) atoms. The average molecular weight is 420 g/mol. The maximum absolute atomic E-state index is 12.9. The van der Waals surface area contributed by atoms with Crippen LogP contribution < -0.4 is 0 Å². The number of carbonyl (C=O) groups is 1. The largest absolute Gasteiger partial charge is 0.347 e. The highest BCUT2D eigenvalue weighted by molar-refractivity contribution is 5.82. The van der Waals surface area contributed by atoms with E-state index in [9.17, 15) is 4.79 Å². The molecular weight excluding hydrogens is 390 g/mol. The summed E-state index contributed by atoms with van der Waals surface area (Å²) in [5.41, 5.74) is 3.19. The standard InChI is InChI=1S/C24H29N5O2/c1-18-9-11-20(12-10-18)23-25-21(31-26-23)17-28-13-15-29(16-14-28)22(24(30)27(2)3)19-7-5-4-6-8-19/h4-12,22H,13-17H2,1-3H3. The Morgan fingerprint density at radius 2 is 1.71 bits per heavy atom. The fourth-order valence-electron chi connectivity index (χ4n) is 3.90. The molecule has 4 rings (SSSR count). The van der Waals surface area contributed by atoms with Gasteiger partial charge in [0, 0.05) is 45.8 Å². The van der Waals surface area contributed by atoms with Gasteiger partial charge in [0.2, 0.25) is 17.6 Å². The number of nitrogens with zero attached hydrogens (tertiary/aromatic N) is 5. The summed E-state index contributed by atoms with van der Waals surface area (Å²) in [5, 5.41) is 4.13. The van der Waals surface area contributed by atoms with Gasteiger partial charge in [-0.1, -0.05) is 65.3 Å². The number of hydrogen-bond donors (Lipinski definition) is 0. The molecule has 1 aliphatic rings. The molecule has 162 valence electrons. The first kappa shape index (κ1) is 21.2. The number of rotatable bonds is 6. The molecule has 1 saturated heterocycles. The molecule has 1 fully saturated rings. The number of aromatic nitrogens is 2. The third kappa shape index (κ3) is 5.00. The van der Waals surface area contributed by atoms with Crippen LogP contribution in [-0.2, 0) is 11.3 Å². The molecule has 2 heterocycles. The zero-order valence-corrected chi connectivity index (χ0v) is 18.4. The molecule has 1 unspecified atom stereocenters. The van der Waals surface area contributed by atoms with Crippen LogP contribution in [0.4, 0.5) is 0 Å². The lowest BCUT2D eigenvalue weighted by Gasteiger charge is -2.39. The predicted octanol–water partition coefficient (Wildman–Crippen LogP) is 2.99. The van der Waals surface area contributed by atoms with Crippen LogP contribution >= 0.6 is 0 Å². The average Bonchev–Trinajstić information content (AvgIpc) is 3.24. The van der Waals surface area contributed by atoms with Crippen molar-refractivity contribution < 1.29 is 9.32 Å². The van der Waals surface area contributed by atoms with E-state index in [0.717, 1.165) is 37.3 Å². The highest BCUT2D eigenvalue weighted by Crippen LogP contribution is 2.24. The Labute approximate surface area is 183 Å². The fourth-order valence-corrected chi connectivity index (χ4v) is 3.90. The SMILES string of the molecule is Cc1ccc(-c2noc(CN3CCN(C(C(=O)N(C)C)c4ccccc4)CC3)n2)cc1. The molecule has 1 atom stereocenters. The zero-order valence-electron chi connectivity index (χ0n) is 18.4. The molecule has 0 saturated carbocycles. The number of piperazine rings is 1. The van der Waals surface area contributed by atoms with E-state index in [1.165, 1.54) is 5.56 Å². The molecule has 0 bridgehead atoms. The number of carbonyl (C=O) groups excluding carboxylic acids is 1. The second kappa shape index (κ2) is 9.41. The van der Waals surface area contributed by atoms with Gasteiger partial charge >= 0.3 is 0 Å². The van der Waals surface area contributed by atoms with Crippen molar-refractivity contribution in [3.8, 4) is 11.4 Å². The summed E-state index contributed by atoms with van der Waals surface area (Å²) in [7, 11) is 3.63. The summed E-state index contributed by atoms with van der Waals surface area (Å²) in [6, 6.07) is 17.9. The Kier molecular flexibility index (Phi) is 6.44. The van der Waals surface area contributed by atoms with Gasteiger partial charge in [0.25, 0.3) is 0 Å². The van der Waals surface area contributed by atoms with E-state index in [-0.39, 0.29) is 11.9 Å². The Balaban J connectivity index is 1.39. The minimum atomic E-state index is -0.255. The highest BCUT2D eigenvalue weighted by atomic mass is 16.5. The second-order valence-electron chi connectivity index (χ2n) is 8.24. The third-order valence-corrected chi connectivity index (χ3v) is 5.70. The summed E-state index contributed by atoms with van der Waals surface area (Å²) in [5.74, 6) is 1.35. The summed E-state index contributed by atoms with van der Waals surface area (Å²) >= 11 is 0. The quantitative estimate of drug-likeness (QED) is 0.612. The third-order valence-electron chi connectivity index (χ3n) is 5.70. The molecule has 2 aromatic carbocycles. The van der Waals surface area contributed by atoms with E-state index in [4.69, 9.17) is 4.52 Å². The predicted molar refractivity (Wildman–Crippen MR) is 119 cm³/mol. The Morgan fingerprint density at radius 1 is 1.03 bits per heavy atom. The number of hydrogen-bond acceptors (Lipinski definition) is 6. The first-order valence-corrected chi connectivity index (χ1v) is 10.6. The molecule has 7 nitrogen and oxygen atoms in total. The van der Waals surface area contributed by atoms with Crippen molar-refractivity contribution >= 4 is 5.91 Å². The lowest BCUT2D eigenvalue weighted by Crippen LogP contribution is -2.50. The van der Waals surface area contributed by atoms with E-state index in [0.29, 0.717) is 18.3 Å². The summed E-state index contributed by atoms with van der Waals surface area (Å²) in [4.78, 5) is 23.7. The van der Waals surface area contributed by atoms with Crippen molar-refractivity contribution in [3.05, 3.63) is 71.6 Å². The maximum Gasteiger partial charge on any atom is 0.244 e. The molecule has 1 aliphatic heterocycles. The number of likely N-dealkylation sites (N-methyl/N-ethyl adjacent to an activating group) is 1. The van der Waals surface area contributed by atoms with Crippen molar-refractivity contribution in [3.63, 3.8) is 0 Å². The van der Waals surface area contributed by atoms with Gasteiger partial charge in [-0.05, 0) is 12.5 Å². The maximum atomic E-state index is 12.9. The number of amides is 1. The Hall–Kier alpha value is -3.03. The van der Waals surface area contributed by atoms with Crippen LogP contribution in [0.15, 0.2) is 59.1 Å². The highest BCUT2D eigenvalue weighted by Gasteiger charge is 2.31. The van der Waals surface area contributed by atoms with E-state index in [1.54, 1.807) is 4.90 Å². The van der Waals surface area contributed by atoms with Gasteiger partial charge < -0.3 is 9.42 Å². The fraction of sp³-hybridized carbons (Fsp3) is 0.375. The summed E-state index contributed by atoms with van der Waals surface area (Å²) in [6.07, 6.45) is 0. The van der Waals surface area contributed by atoms with Crippen LogP contribution in [0.25, 0.3) is 11.4 Å². The van der Waals surface area contributed by atoms with Crippen LogP contribution in [0.2, 0.25) is 0 Å². The lowest BCUT2D eigenvalue weighted by molar-refractivity contribution is -0.135. The molecule has 0 spiro atoms. The van der Waals surface area contributed by atoms with Crippen molar-refractivity contribution in [1.29, 1.82) is 0 Å². The molecule has 0 N–H and O–H groups in total. The molecule has 0 radical (unpaired) electrons. The molecular formula is C24H29N5O2. The zero-order chi connectivity index (χ0) is 21.8. The molecule has 1 amide bonds. The molecule has 3 aromatic rings. The van der Waals surface area contributed by atoms with Gasteiger partial charge in [-0.2, -0.15) is 4.98 Å². The smallest absolute Gasteiger partial charge is 0.244 e. The van der Waals surface area contributed by atoms with Crippen molar-refractivity contribution in [1.82, 2.24) is 24.8 Å². The van der Waals surface area contributed by atoms with Gasteiger partial charge in [0.05, 0.1) is 6.54 Å². The van der Waals surface area contributed by atoms with Gasteiger partial charge in [-0.15, -0.1) is 0 Å². The van der Waals surface area contributed by atoms with Gasteiger partial charge in [-0.3, -0.25) is 14.6 Å². The Bertz CT molecular complexity index is 992. The van der Waals surface area contributed by atoms with Crippen LogP contribution in [0.3, 0.4) is 0 Å². The monoisotopic (exact) mass is 419 g/mol. The first-order valence-electron chi connectivity index (χ1n) is 10.6. The van der Waals surface area contributed by atoms with Crippen molar-refractivity contribution in [2.75, 3.05) is 40.3 Å². The number of benzene rings is 2. The van der Waals surface area contributed by atoms with Gasteiger partial charge in [0.15, 0.2) is 0 Å². The van der Waals surface area contributed by atoms with E-state index in [1.807, 2.05) is 68.7 Å². The molecule has 0 aliphatic carbocycles. The van der Waals surface area contributed by atoms with Crippen molar-refractivity contribution in [2.24, 2.45) is 0 Å². The van der Waals surface area contributed by atoms with E-state index in [2.05, 4.69) is 26.9 Å². The van der Waals surface area contributed by atoms with E-state index < -0.39 is 0 Å². The van der Waals surface area contributed by atoms with Crippen LogP contribution in [0, 0.1) is 6.92 Å². The van der Waals surface area contributed by atoms with Gasteiger partial charge in [-0.25, -0.2) is 0 Å². The summed E-state index contributed by atoms with van der Waals surface area (Å²) in [6.45, 7) is 5.96. The van der Waals surface area contributed by atoms with Crippen LogP contribution in [-0.4, -0.2) is 71.0 Å². The normalized spacial score (nSPS) is 16.2. The summed E-state index contributed by atoms with van der Waals surface area (Å²) < 4.78 is 5.49.